The Morgan fingerprint density at radius 2 is 2.00 bits per heavy atom. The Bertz CT molecular complexity index is 1140. The zero-order chi connectivity index (χ0) is 19.3. The average molecular weight is 368 g/mol. The maximum absolute atomic E-state index is 12.6. The molecule has 7 heteroatoms. The van der Waals surface area contributed by atoms with Gasteiger partial charge >= 0.3 is 5.63 Å². The van der Waals surface area contributed by atoms with Crippen molar-refractivity contribution < 1.29 is 23.5 Å². The monoisotopic (exact) mass is 368 g/mol. The average Bonchev–Trinajstić information content (AvgIpc) is 3.25. The fourth-order valence-electron chi connectivity index (χ4n) is 3.80. The number of rotatable bonds is 3. The van der Waals surface area contributed by atoms with Gasteiger partial charge in [0.05, 0.1) is 30.3 Å². The molecule has 1 aromatic carbocycles. The highest BCUT2D eigenvalue weighted by Crippen LogP contribution is 2.29. The van der Waals surface area contributed by atoms with Crippen molar-refractivity contribution in [2.24, 2.45) is 0 Å². The van der Waals surface area contributed by atoms with E-state index in [9.17, 15) is 19.5 Å². The van der Waals surface area contributed by atoms with Crippen LogP contribution in [0.1, 0.15) is 29.5 Å². The van der Waals surface area contributed by atoms with Gasteiger partial charge < -0.3 is 23.6 Å². The molecule has 2 aromatic heterocycles. The maximum atomic E-state index is 12.6. The summed E-state index contributed by atoms with van der Waals surface area (Å²) >= 11 is 0. The Labute approximate surface area is 154 Å². The molecule has 1 saturated heterocycles. The van der Waals surface area contributed by atoms with E-state index in [1.54, 1.807) is 19.3 Å². The molecular weight excluding hydrogens is 350 g/mol. The summed E-state index contributed by atoms with van der Waals surface area (Å²) in [6.07, 6.45) is 2.41. The minimum atomic E-state index is -1.26. The van der Waals surface area contributed by atoms with E-state index in [0.29, 0.717) is 36.1 Å². The summed E-state index contributed by atoms with van der Waals surface area (Å²) in [5.74, 6) is -1.67. The molecule has 0 unspecified atom stereocenters. The number of furan rings is 1. The molecule has 3 aromatic rings. The van der Waals surface area contributed by atoms with Crippen molar-refractivity contribution in [2.45, 2.75) is 39.2 Å². The first-order valence-corrected chi connectivity index (χ1v) is 8.81. The summed E-state index contributed by atoms with van der Waals surface area (Å²) in [5, 5.41) is 12.9. The van der Waals surface area contributed by atoms with Crippen molar-refractivity contribution in [3.8, 4) is 0 Å². The van der Waals surface area contributed by atoms with E-state index in [4.69, 9.17) is 8.83 Å². The van der Waals surface area contributed by atoms with E-state index in [2.05, 4.69) is 0 Å². The zero-order valence-corrected chi connectivity index (χ0v) is 15.0. The van der Waals surface area contributed by atoms with Gasteiger partial charge in [-0.1, -0.05) is 0 Å². The van der Waals surface area contributed by atoms with Crippen molar-refractivity contribution >= 4 is 33.8 Å². The third kappa shape index (κ3) is 2.79. The zero-order valence-electron chi connectivity index (χ0n) is 15.0. The molecule has 4 rings (SSSR count). The summed E-state index contributed by atoms with van der Waals surface area (Å²) in [6, 6.07) is 2.62. The van der Waals surface area contributed by atoms with Crippen LogP contribution in [0, 0.1) is 13.8 Å². The van der Waals surface area contributed by atoms with Crippen molar-refractivity contribution in [1.29, 1.82) is 0 Å². The molecule has 7 nitrogen and oxygen atoms in total. The first-order valence-electron chi connectivity index (χ1n) is 8.81. The number of benzene rings is 1. The summed E-state index contributed by atoms with van der Waals surface area (Å²) in [6.45, 7) is 4.04. The van der Waals surface area contributed by atoms with E-state index in [1.165, 1.54) is 4.90 Å². The number of hydrogen-bond acceptors (Lipinski definition) is 6. The molecule has 0 N–H and O–H groups in total. The number of fused-ring (bicyclic) bond motifs is 2. The molecule has 0 aliphatic carbocycles. The number of carbonyl (C=O) groups is 2. The number of carbonyl (C=O) groups excluding carboxylic acids is 2. The van der Waals surface area contributed by atoms with Crippen LogP contribution in [0.2, 0.25) is 0 Å². The van der Waals surface area contributed by atoms with Crippen LogP contribution in [0.25, 0.3) is 21.9 Å². The van der Waals surface area contributed by atoms with Gasteiger partial charge in [-0.2, -0.15) is 0 Å². The lowest BCUT2D eigenvalue weighted by Gasteiger charge is -2.25. The van der Waals surface area contributed by atoms with Crippen molar-refractivity contribution in [1.82, 2.24) is 4.90 Å². The fraction of sp³-hybridized carbons (Fsp3) is 0.350. The molecule has 1 fully saturated rings. The largest absolute Gasteiger partial charge is 0.548 e. The molecule has 0 radical (unpaired) electrons. The van der Waals surface area contributed by atoms with Crippen LogP contribution in [0.15, 0.2) is 32.0 Å². The molecule has 1 aliphatic rings. The van der Waals surface area contributed by atoms with Crippen LogP contribution in [-0.2, 0) is 16.0 Å². The van der Waals surface area contributed by atoms with Gasteiger partial charge in [0.15, 0.2) is 0 Å². The Balaban J connectivity index is 1.76. The number of amides is 1. The van der Waals surface area contributed by atoms with E-state index < -0.39 is 23.5 Å². The molecule has 27 heavy (non-hydrogen) atoms. The standard InChI is InChI=1S/C20H19NO6/c1-10-9-26-16-8-17-13(6-12(10)16)11(2)14(20(25)27-17)7-18(22)21-5-3-4-15(21)19(23)24/h6,8-9,15H,3-5,7H2,1-2H3,(H,23,24)/p-1/t15-/m1/s1. The number of aliphatic carboxylic acids is 1. The van der Waals surface area contributed by atoms with E-state index in [-0.39, 0.29) is 12.0 Å². The second-order valence-corrected chi connectivity index (χ2v) is 7.00. The van der Waals surface area contributed by atoms with Gasteiger partial charge in [-0.3, -0.25) is 4.79 Å². The first-order chi connectivity index (χ1) is 12.9. The van der Waals surface area contributed by atoms with Crippen LogP contribution in [-0.4, -0.2) is 29.4 Å². The van der Waals surface area contributed by atoms with Gasteiger partial charge in [0.25, 0.3) is 0 Å². The number of carboxylic acid groups (broad SMARTS) is 1. The third-order valence-electron chi connectivity index (χ3n) is 5.35. The van der Waals surface area contributed by atoms with Gasteiger partial charge in [-0.05, 0) is 43.9 Å². The predicted octanol–water partition coefficient (Wildman–Crippen LogP) is 1.44. The summed E-state index contributed by atoms with van der Waals surface area (Å²) in [7, 11) is 0. The Hall–Kier alpha value is -3.09. The van der Waals surface area contributed by atoms with Gasteiger partial charge in [-0.25, -0.2) is 4.79 Å². The van der Waals surface area contributed by atoms with Crippen LogP contribution in [0.3, 0.4) is 0 Å². The number of aryl methyl sites for hydroxylation is 2. The molecule has 0 spiro atoms. The molecule has 140 valence electrons. The Morgan fingerprint density at radius 1 is 1.22 bits per heavy atom. The quantitative estimate of drug-likeness (QED) is 0.648. The van der Waals surface area contributed by atoms with E-state index >= 15 is 0 Å². The minimum Gasteiger partial charge on any atom is -0.548 e. The Kier molecular flexibility index (Phi) is 4.02. The van der Waals surface area contributed by atoms with Gasteiger partial charge in [0.1, 0.15) is 11.2 Å². The lowest BCUT2D eigenvalue weighted by molar-refractivity contribution is -0.310. The summed E-state index contributed by atoms with van der Waals surface area (Å²) < 4.78 is 10.9. The molecule has 3 heterocycles. The SMILES string of the molecule is Cc1coc2cc3oc(=O)c(CC(=O)N4CCC[C@@H]4C(=O)[O-])c(C)c3cc12. The summed E-state index contributed by atoms with van der Waals surface area (Å²) in [5.41, 5.74) is 2.28. The molecule has 1 amide bonds. The van der Waals surface area contributed by atoms with Crippen molar-refractivity contribution in [2.75, 3.05) is 6.54 Å². The van der Waals surface area contributed by atoms with Gasteiger partial charge in [0.2, 0.25) is 5.91 Å². The van der Waals surface area contributed by atoms with Crippen LogP contribution < -0.4 is 10.7 Å². The highest BCUT2D eigenvalue weighted by molar-refractivity contribution is 5.96. The van der Waals surface area contributed by atoms with Crippen molar-refractivity contribution in [3.63, 3.8) is 0 Å². The molecule has 0 saturated carbocycles. The third-order valence-corrected chi connectivity index (χ3v) is 5.35. The number of likely N-dealkylation sites (tertiary alicyclic amines) is 1. The molecular formula is C20H18NO6-. The van der Waals surface area contributed by atoms with Crippen LogP contribution in [0.4, 0.5) is 0 Å². The lowest BCUT2D eigenvalue weighted by Crippen LogP contribution is -2.47. The highest BCUT2D eigenvalue weighted by atomic mass is 16.4. The second-order valence-electron chi connectivity index (χ2n) is 7.00. The minimum absolute atomic E-state index is 0.198. The van der Waals surface area contributed by atoms with Crippen LogP contribution >= 0.6 is 0 Å². The van der Waals surface area contributed by atoms with Crippen LogP contribution in [0.5, 0.6) is 0 Å². The Morgan fingerprint density at radius 3 is 2.74 bits per heavy atom. The maximum Gasteiger partial charge on any atom is 0.340 e. The van der Waals surface area contributed by atoms with Gasteiger partial charge in [-0.15, -0.1) is 0 Å². The van der Waals surface area contributed by atoms with E-state index in [0.717, 1.165) is 16.3 Å². The fourth-order valence-corrected chi connectivity index (χ4v) is 3.80. The molecule has 1 atom stereocenters. The highest BCUT2D eigenvalue weighted by Gasteiger charge is 2.30. The number of carboxylic acids is 1. The normalized spacial score (nSPS) is 17.1. The van der Waals surface area contributed by atoms with E-state index in [1.807, 2.05) is 13.0 Å². The number of hydrogen-bond donors (Lipinski definition) is 0. The topological polar surface area (TPSA) is 104 Å². The lowest BCUT2D eigenvalue weighted by atomic mass is 10.0. The molecule has 1 aliphatic heterocycles. The van der Waals surface area contributed by atoms with Gasteiger partial charge in [0, 0.05) is 23.4 Å². The first kappa shape index (κ1) is 17.3. The predicted molar refractivity (Wildman–Crippen MR) is 95.2 cm³/mol. The van der Waals surface area contributed by atoms with Crippen molar-refractivity contribution in [3.05, 3.63) is 45.5 Å². The summed E-state index contributed by atoms with van der Waals surface area (Å²) in [4.78, 5) is 37.6. The smallest absolute Gasteiger partial charge is 0.340 e. The second kappa shape index (κ2) is 6.26. The molecule has 0 bridgehead atoms. The number of nitrogens with zero attached hydrogens (tertiary/aromatic N) is 1.